The molecule has 162 valence electrons. The normalized spacial score (nSPS) is 27.6. The van der Waals surface area contributed by atoms with Crippen LogP contribution in [0.2, 0.25) is 0 Å². The molecule has 10 heteroatoms. The van der Waals surface area contributed by atoms with Gasteiger partial charge in [-0.2, -0.15) is 0 Å². The summed E-state index contributed by atoms with van der Waals surface area (Å²) >= 11 is 0. The van der Waals surface area contributed by atoms with Crippen molar-refractivity contribution < 1.29 is 23.8 Å². The predicted octanol–water partition coefficient (Wildman–Crippen LogP) is 3.22. The van der Waals surface area contributed by atoms with Crippen molar-refractivity contribution in [2.45, 2.75) is 83.1 Å². The molecule has 6 unspecified atom stereocenters. The Morgan fingerprint density at radius 1 is 1.48 bits per heavy atom. The molecule has 2 aromatic heterocycles. The van der Waals surface area contributed by atoms with Crippen LogP contribution in [0.5, 0.6) is 0 Å². The van der Waals surface area contributed by atoms with Crippen LogP contribution in [0.1, 0.15) is 59.6 Å². The molecule has 0 spiro atoms. The fourth-order valence-electron chi connectivity index (χ4n) is 3.60. The topological polar surface area (TPSA) is 133 Å². The Kier molecular flexibility index (Phi) is 6.36. The minimum Gasteiger partial charge on any atom is -0.390 e. The summed E-state index contributed by atoms with van der Waals surface area (Å²) in [6.45, 7) is 7.25. The van der Waals surface area contributed by atoms with Gasteiger partial charge in [0.2, 0.25) is 0 Å². The third-order valence-electron chi connectivity index (χ3n) is 5.93. The van der Waals surface area contributed by atoms with E-state index in [2.05, 4.69) is 9.97 Å². The zero-order valence-electron chi connectivity index (χ0n) is 17.4. The maximum atomic E-state index is 12.6. The highest BCUT2D eigenvalue weighted by atomic mass is 31.2. The second-order valence-electron chi connectivity index (χ2n) is 8.07. The summed E-state index contributed by atoms with van der Waals surface area (Å²) in [7, 11) is -3.77. The van der Waals surface area contributed by atoms with Crippen LogP contribution in [0.15, 0.2) is 18.6 Å². The third kappa shape index (κ3) is 4.49. The summed E-state index contributed by atoms with van der Waals surface area (Å²) < 4.78 is 26.3. The predicted molar refractivity (Wildman–Crippen MR) is 110 cm³/mol. The van der Waals surface area contributed by atoms with E-state index in [1.807, 2.05) is 30.7 Å². The Balaban J connectivity index is 1.76. The molecule has 0 saturated carbocycles. The molecule has 0 bridgehead atoms. The first kappa shape index (κ1) is 22.2. The second kappa shape index (κ2) is 8.32. The molecule has 0 radical (unpaired) electrons. The van der Waals surface area contributed by atoms with Gasteiger partial charge < -0.3 is 29.6 Å². The molecule has 2 aromatic rings. The minimum atomic E-state index is -3.77. The Bertz CT molecular complexity index is 906. The Morgan fingerprint density at radius 3 is 2.86 bits per heavy atom. The molecule has 1 saturated heterocycles. The highest BCUT2D eigenvalue weighted by molar-refractivity contribution is 7.53. The first-order chi connectivity index (χ1) is 13.6. The number of nitrogen functional groups attached to an aromatic ring is 1. The van der Waals surface area contributed by atoms with Crippen molar-refractivity contribution >= 4 is 24.4 Å². The van der Waals surface area contributed by atoms with Gasteiger partial charge in [0, 0.05) is 19.0 Å². The second-order valence-corrected chi connectivity index (χ2v) is 10.3. The van der Waals surface area contributed by atoms with Gasteiger partial charge >= 0.3 is 7.60 Å². The molecular formula is C19H31N4O5P. The van der Waals surface area contributed by atoms with Crippen molar-refractivity contribution in [2.24, 2.45) is 0 Å². The average Bonchev–Trinajstić information content (AvgIpc) is 3.25. The SMILES string of the molecule is CCC(C)P(=O)(O)OC(C)(CC)CC1OC(n2ccc3c(N)ncnc32)CC1O. The quantitative estimate of drug-likeness (QED) is 0.548. The van der Waals surface area contributed by atoms with Crippen LogP contribution in [0.25, 0.3) is 11.0 Å². The molecule has 0 aromatic carbocycles. The number of nitrogens with two attached hydrogens (primary N) is 1. The van der Waals surface area contributed by atoms with E-state index in [4.69, 9.17) is 15.0 Å². The molecule has 0 amide bonds. The average molecular weight is 426 g/mol. The van der Waals surface area contributed by atoms with Crippen LogP contribution >= 0.6 is 7.60 Å². The molecule has 1 aliphatic rings. The first-order valence-electron chi connectivity index (χ1n) is 10.0. The smallest absolute Gasteiger partial charge is 0.331 e. The Hall–Kier alpha value is -1.51. The highest BCUT2D eigenvalue weighted by Crippen LogP contribution is 2.54. The number of nitrogens with zero attached hydrogens (tertiary/aromatic N) is 3. The molecule has 3 heterocycles. The fourth-order valence-corrected chi connectivity index (χ4v) is 5.08. The molecule has 6 atom stereocenters. The van der Waals surface area contributed by atoms with Gasteiger partial charge in [-0.3, -0.25) is 4.57 Å². The van der Waals surface area contributed by atoms with E-state index in [0.29, 0.717) is 37.1 Å². The van der Waals surface area contributed by atoms with E-state index in [9.17, 15) is 14.6 Å². The van der Waals surface area contributed by atoms with Gasteiger partial charge in [0.05, 0.1) is 28.9 Å². The molecule has 1 aliphatic heterocycles. The van der Waals surface area contributed by atoms with E-state index >= 15 is 0 Å². The van der Waals surface area contributed by atoms with Crippen LogP contribution in [-0.4, -0.2) is 48.0 Å². The molecule has 0 aliphatic carbocycles. The fraction of sp³-hybridized carbons (Fsp3) is 0.684. The van der Waals surface area contributed by atoms with Crippen molar-refractivity contribution in [2.75, 3.05) is 5.73 Å². The number of aliphatic hydroxyl groups excluding tert-OH is 1. The number of aromatic nitrogens is 3. The lowest BCUT2D eigenvalue weighted by atomic mass is 9.93. The van der Waals surface area contributed by atoms with E-state index in [0.717, 1.165) is 5.39 Å². The van der Waals surface area contributed by atoms with Crippen molar-refractivity contribution in [3.05, 3.63) is 18.6 Å². The number of fused-ring (bicyclic) bond motifs is 1. The summed E-state index contributed by atoms with van der Waals surface area (Å²) in [5, 5.41) is 11.3. The van der Waals surface area contributed by atoms with E-state index in [1.54, 1.807) is 13.8 Å². The lowest BCUT2D eigenvalue weighted by molar-refractivity contribution is -0.0615. The van der Waals surface area contributed by atoms with Gasteiger partial charge in [-0.25, -0.2) is 9.97 Å². The van der Waals surface area contributed by atoms with Crippen LogP contribution in [0, 0.1) is 0 Å². The standard InChI is InChI=1S/C19H31N4O5P/c1-5-12(3)29(25,26)28-19(4,6-2)10-15-14(24)9-16(27-15)23-8-7-13-17(20)21-11-22-18(13)23/h7-8,11-12,14-16,24H,5-6,9-10H2,1-4H3,(H,25,26)(H2,20,21,22). The van der Waals surface area contributed by atoms with Gasteiger partial charge in [0.1, 0.15) is 24.0 Å². The van der Waals surface area contributed by atoms with Crippen LogP contribution in [0.4, 0.5) is 5.82 Å². The maximum Gasteiger partial charge on any atom is 0.331 e. The lowest BCUT2D eigenvalue weighted by Crippen LogP contribution is -2.36. The monoisotopic (exact) mass is 426 g/mol. The van der Waals surface area contributed by atoms with E-state index < -0.39 is 37.3 Å². The third-order valence-corrected chi connectivity index (χ3v) is 8.12. The minimum absolute atomic E-state index is 0.304. The van der Waals surface area contributed by atoms with Gasteiger partial charge in [-0.15, -0.1) is 0 Å². The summed E-state index contributed by atoms with van der Waals surface area (Å²) in [4.78, 5) is 18.6. The van der Waals surface area contributed by atoms with Crippen molar-refractivity contribution in [3.63, 3.8) is 0 Å². The lowest BCUT2D eigenvalue weighted by Gasteiger charge is -2.35. The zero-order valence-corrected chi connectivity index (χ0v) is 18.2. The zero-order chi connectivity index (χ0) is 21.4. The number of aliphatic hydroxyl groups is 1. The molecule has 29 heavy (non-hydrogen) atoms. The number of ether oxygens (including phenoxy) is 1. The number of rotatable bonds is 8. The Morgan fingerprint density at radius 2 is 2.21 bits per heavy atom. The molecule has 3 rings (SSSR count). The summed E-state index contributed by atoms with van der Waals surface area (Å²) in [5.74, 6) is 0.388. The summed E-state index contributed by atoms with van der Waals surface area (Å²) in [6, 6.07) is 1.82. The van der Waals surface area contributed by atoms with Gasteiger partial charge in [-0.1, -0.05) is 20.8 Å². The van der Waals surface area contributed by atoms with E-state index in [1.165, 1.54) is 6.33 Å². The van der Waals surface area contributed by atoms with E-state index in [-0.39, 0.29) is 0 Å². The molecular weight excluding hydrogens is 395 g/mol. The summed E-state index contributed by atoms with van der Waals surface area (Å²) in [5.41, 5.74) is 5.20. The largest absolute Gasteiger partial charge is 0.390 e. The number of hydrogen-bond acceptors (Lipinski definition) is 7. The van der Waals surface area contributed by atoms with Gasteiger partial charge in [0.25, 0.3) is 0 Å². The van der Waals surface area contributed by atoms with Crippen molar-refractivity contribution in [1.82, 2.24) is 14.5 Å². The first-order valence-corrected chi connectivity index (χ1v) is 11.7. The summed E-state index contributed by atoms with van der Waals surface area (Å²) in [6.07, 6.45) is 3.27. The number of anilines is 1. The van der Waals surface area contributed by atoms with Crippen LogP contribution < -0.4 is 5.73 Å². The van der Waals surface area contributed by atoms with Crippen LogP contribution in [-0.2, 0) is 13.8 Å². The maximum absolute atomic E-state index is 12.6. The molecule has 9 nitrogen and oxygen atoms in total. The molecule has 1 fully saturated rings. The molecule has 4 N–H and O–H groups in total. The Labute approximate surface area is 170 Å². The highest BCUT2D eigenvalue weighted by Gasteiger charge is 2.43. The van der Waals surface area contributed by atoms with Crippen molar-refractivity contribution in [3.8, 4) is 0 Å². The van der Waals surface area contributed by atoms with Gasteiger partial charge in [0.15, 0.2) is 0 Å². The van der Waals surface area contributed by atoms with Crippen LogP contribution in [0.3, 0.4) is 0 Å². The van der Waals surface area contributed by atoms with Crippen molar-refractivity contribution in [1.29, 1.82) is 0 Å². The number of hydrogen-bond donors (Lipinski definition) is 3. The van der Waals surface area contributed by atoms with Gasteiger partial charge in [-0.05, 0) is 25.8 Å².